The minimum absolute atomic E-state index is 0.191. The molecule has 0 radical (unpaired) electrons. The van der Waals surface area contributed by atoms with Crippen LogP contribution in [-0.2, 0) is 0 Å². The number of aromatic hydroxyl groups is 1. The normalized spacial score (nSPS) is 21.6. The summed E-state index contributed by atoms with van der Waals surface area (Å²) >= 11 is 0. The molecule has 1 saturated heterocycles. The zero-order chi connectivity index (χ0) is 17.7. The fraction of sp³-hybridized carbons (Fsp3) is 0.500. The molecule has 0 amide bonds. The van der Waals surface area contributed by atoms with Crippen molar-refractivity contribution < 1.29 is 20.1 Å². The van der Waals surface area contributed by atoms with Crippen molar-refractivity contribution in [2.45, 2.75) is 37.4 Å². The molecule has 25 heavy (non-hydrogen) atoms. The maximum absolute atomic E-state index is 10.9. The quantitative estimate of drug-likeness (QED) is 0.737. The van der Waals surface area contributed by atoms with Crippen molar-refractivity contribution >= 4 is 0 Å². The van der Waals surface area contributed by atoms with Crippen LogP contribution in [-0.4, -0.2) is 58.2 Å². The Balaban J connectivity index is 1.43. The lowest BCUT2D eigenvalue weighted by molar-refractivity contribution is -0.00702. The number of hydrogen-bond acceptors (Lipinski definition) is 5. The molecular weight excluding hydrogens is 318 g/mol. The van der Waals surface area contributed by atoms with Gasteiger partial charge in [0.2, 0.25) is 0 Å². The summed E-state index contributed by atoms with van der Waals surface area (Å²) in [6.45, 7) is 2.26. The van der Waals surface area contributed by atoms with Gasteiger partial charge in [-0.3, -0.25) is 0 Å². The van der Waals surface area contributed by atoms with Crippen LogP contribution in [0.3, 0.4) is 0 Å². The highest BCUT2D eigenvalue weighted by atomic mass is 16.5. The van der Waals surface area contributed by atoms with Gasteiger partial charge < -0.3 is 25.0 Å². The number of likely N-dealkylation sites (tertiary alicyclic amines) is 1. The summed E-state index contributed by atoms with van der Waals surface area (Å²) in [4.78, 5) is 2.17. The number of benzene rings is 1. The molecule has 5 heteroatoms. The second-order valence-corrected chi connectivity index (χ2v) is 6.93. The SMILES string of the molecule is Oc1ccc(OC[C@@H](O)CN2CCC(O)(C3=CCCC=C3)CC2)cc1. The summed E-state index contributed by atoms with van der Waals surface area (Å²) in [5.74, 6) is 0.817. The average molecular weight is 345 g/mol. The Morgan fingerprint density at radius 1 is 1.12 bits per heavy atom. The highest BCUT2D eigenvalue weighted by Gasteiger charge is 2.35. The molecule has 1 heterocycles. The molecule has 1 atom stereocenters. The molecular formula is C20H27NO4. The first-order valence-corrected chi connectivity index (χ1v) is 8.97. The van der Waals surface area contributed by atoms with E-state index >= 15 is 0 Å². The number of piperidine rings is 1. The first-order chi connectivity index (χ1) is 12.0. The molecule has 1 aliphatic heterocycles. The Kier molecular flexibility index (Phi) is 5.78. The van der Waals surface area contributed by atoms with E-state index in [1.54, 1.807) is 24.3 Å². The molecule has 0 aromatic heterocycles. The van der Waals surface area contributed by atoms with Crippen LogP contribution in [0, 0.1) is 0 Å². The third-order valence-corrected chi connectivity index (χ3v) is 4.96. The third kappa shape index (κ3) is 4.84. The summed E-state index contributed by atoms with van der Waals surface area (Å²) in [5.41, 5.74) is 0.329. The number of aliphatic hydroxyl groups is 2. The van der Waals surface area contributed by atoms with E-state index in [1.165, 1.54) is 0 Å². The molecule has 0 spiro atoms. The van der Waals surface area contributed by atoms with Crippen LogP contribution in [0.4, 0.5) is 0 Å². The van der Waals surface area contributed by atoms with Gasteiger partial charge in [0.25, 0.3) is 0 Å². The lowest BCUT2D eigenvalue weighted by Crippen LogP contribution is -2.48. The second-order valence-electron chi connectivity index (χ2n) is 6.93. The van der Waals surface area contributed by atoms with Gasteiger partial charge in [0, 0.05) is 19.6 Å². The Bertz CT molecular complexity index is 615. The number of ether oxygens (including phenoxy) is 1. The van der Waals surface area contributed by atoms with Crippen LogP contribution in [0.1, 0.15) is 25.7 Å². The fourth-order valence-electron chi connectivity index (χ4n) is 3.44. The summed E-state index contributed by atoms with van der Waals surface area (Å²) in [7, 11) is 0. The number of rotatable bonds is 6. The summed E-state index contributed by atoms with van der Waals surface area (Å²) in [5, 5.41) is 30.3. The number of nitrogens with zero attached hydrogens (tertiary/aromatic N) is 1. The van der Waals surface area contributed by atoms with Crippen molar-refractivity contribution in [1.29, 1.82) is 0 Å². The zero-order valence-electron chi connectivity index (χ0n) is 14.5. The maximum atomic E-state index is 10.9. The van der Waals surface area contributed by atoms with Crippen molar-refractivity contribution in [3.8, 4) is 11.5 Å². The standard InChI is InChI=1S/C20H27NO4/c22-17-6-8-19(9-7-17)25-15-18(23)14-21-12-10-20(24,11-13-21)16-4-2-1-3-5-16/h2,4-9,18,22-24H,1,3,10-15H2/t18-/m0/s1. The molecule has 5 nitrogen and oxygen atoms in total. The molecule has 0 saturated carbocycles. The number of allylic oxidation sites excluding steroid dienone is 2. The van der Waals surface area contributed by atoms with Crippen LogP contribution in [0.15, 0.2) is 48.1 Å². The molecule has 0 unspecified atom stereocenters. The summed E-state index contributed by atoms with van der Waals surface area (Å²) < 4.78 is 5.55. The van der Waals surface area contributed by atoms with Crippen LogP contribution < -0.4 is 4.74 Å². The second kappa shape index (κ2) is 8.04. The predicted octanol–water partition coefficient (Wildman–Crippen LogP) is 2.24. The van der Waals surface area contributed by atoms with E-state index in [2.05, 4.69) is 23.1 Å². The van der Waals surface area contributed by atoms with E-state index in [9.17, 15) is 15.3 Å². The number of hydrogen-bond donors (Lipinski definition) is 3. The molecule has 1 aliphatic carbocycles. The topological polar surface area (TPSA) is 73.2 Å². The molecule has 1 aromatic rings. The van der Waals surface area contributed by atoms with E-state index in [0.717, 1.165) is 31.5 Å². The number of phenolic OH excluding ortho intramolecular Hbond substituents is 1. The molecule has 1 fully saturated rings. The van der Waals surface area contributed by atoms with Gasteiger partial charge in [0.1, 0.15) is 24.2 Å². The van der Waals surface area contributed by atoms with Crippen LogP contribution in [0.25, 0.3) is 0 Å². The van der Waals surface area contributed by atoms with Gasteiger partial charge in [0.05, 0.1) is 5.60 Å². The Morgan fingerprint density at radius 2 is 1.84 bits per heavy atom. The van der Waals surface area contributed by atoms with Gasteiger partial charge in [-0.05, 0) is 55.5 Å². The fourth-order valence-corrected chi connectivity index (χ4v) is 3.44. The molecule has 3 N–H and O–H groups in total. The van der Waals surface area contributed by atoms with Crippen LogP contribution in [0.2, 0.25) is 0 Å². The smallest absolute Gasteiger partial charge is 0.119 e. The third-order valence-electron chi connectivity index (χ3n) is 4.96. The number of phenols is 1. The minimum atomic E-state index is -0.721. The van der Waals surface area contributed by atoms with E-state index in [0.29, 0.717) is 25.1 Å². The number of β-amino-alcohol motifs (C(OH)–C–C–N with tert-alkyl or cyclic N) is 1. The summed E-state index contributed by atoms with van der Waals surface area (Å²) in [6.07, 6.45) is 9.18. The molecule has 1 aromatic carbocycles. The largest absolute Gasteiger partial charge is 0.508 e. The molecule has 3 rings (SSSR count). The van der Waals surface area contributed by atoms with Gasteiger partial charge in [-0.25, -0.2) is 0 Å². The van der Waals surface area contributed by atoms with Gasteiger partial charge >= 0.3 is 0 Å². The minimum Gasteiger partial charge on any atom is -0.508 e. The summed E-state index contributed by atoms with van der Waals surface area (Å²) in [6, 6.07) is 6.46. The average Bonchev–Trinajstić information content (AvgIpc) is 2.64. The zero-order valence-corrected chi connectivity index (χ0v) is 14.5. The Labute approximate surface area is 148 Å². The monoisotopic (exact) mass is 345 g/mol. The van der Waals surface area contributed by atoms with Gasteiger partial charge in [-0.2, -0.15) is 0 Å². The van der Waals surface area contributed by atoms with E-state index in [-0.39, 0.29) is 12.4 Å². The van der Waals surface area contributed by atoms with Crippen molar-refractivity contribution in [1.82, 2.24) is 4.90 Å². The van der Waals surface area contributed by atoms with Crippen molar-refractivity contribution in [2.24, 2.45) is 0 Å². The molecule has 136 valence electrons. The van der Waals surface area contributed by atoms with Crippen LogP contribution in [0.5, 0.6) is 11.5 Å². The van der Waals surface area contributed by atoms with E-state index in [4.69, 9.17) is 4.74 Å². The predicted molar refractivity (Wildman–Crippen MR) is 96.7 cm³/mol. The lowest BCUT2D eigenvalue weighted by Gasteiger charge is -2.40. The molecule has 0 bridgehead atoms. The van der Waals surface area contributed by atoms with E-state index < -0.39 is 11.7 Å². The maximum Gasteiger partial charge on any atom is 0.119 e. The van der Waals surface area contributed by atoms with Crippen molar-refractivity contribution in [3.63, 3.8) is 0 Å². The van der Waals surface area contributed by atoms with Crippen LogP contribution >= 0.6 is 0 Å². The Hall–Kier alpha value is -1.82. The van der Waals surface area contributed by atoms with Gasteiger partial charge in [-0.1, -0.05) is 18.2 Å². The number of aliphatic hydroxyl groups excluding tert-OH is 1. The Morgan fingerprint density at radius 3 is 2.48 bits per heavy atom. The van der Waals surface area contributed by atoms with Gasteiger partial charge in [0.15, 0.2) is 0 Å². The van der Waals surface area contributed by atoms with Gasteiger partial charge in [-0.15, -0.1) is 0 Å². The van der Waals surface area contributed by atoms with Crippen molar-refractivity contribution in [2.75, 3.05) is 26.2 Å². The highest BCUT2D eigenvalue weighted by molar-refractivity contribution is 5.32. The van der Waals surface area contributed by atoms with E-state index in [1.807, 2.05) is 0 Å². The van der Waals surface area contributed by atoms with Crippen molar-refractivity contribution in [3.05, 3.63) is 48.1 Å². The molecule has 2 aliphatic rings. The lowest BCUT2D eigenvalue weighted by atomic mass is 9.82. The first kappa shape index (κ1) is 18.0. The highest BCUT2D eigenvalue weighted by Crippen LogP contribution is 2.32. The first-order valence-electron chi connectivity index (χ1n) is 8.97.